The van der Waals surface area contributed by atoms with E-state index in [9.17, 15) is 0 Å². The Morgan fingerprint density at radius 3 is 2.92 bits per heavy atom. The Labute approximate surface area is 70.8 Å². The third-order valence-corrected chi connectivity index (χ3v) is 1.82. The molecule has 0 fully saturated rings. The average molecular weight is 161 g/mol. The van der Waals surface area contributed by atoms with Crippen molar-refractivity contribution in [3.8, 4) is 0 Å². The van der Waals surface area contributed by atoms with Crippen LogP contribution in [0.25, 0.3) is 10.9 Å². The molecule has 2 rings (SSSR count). The van der Waals surface area contributed by atoms with Crippen molar-refractivity contribution in [1.82, 2.24) is 9.78 Å². The smallest absolute Gasteiger partial charge is 0.0923 e. The van der Waals surface area contributed by atoms with Gasteiger partial charge in [0.2, 0.25) is 0 Å². The average Bonchev–Trinajstić information content (AvgIpc) is 2.47. The molecule has 0 spiro atoms. The van der Waals surface area contributed by atoms with Gasteiger partial charge in [-0.2, -0.15) is 5.10 Å². The minimum absolute atomic E-state index is 0.633. The van der Waals surface area contributed by atoms with Gasteiger partial charge >= 0.3 is 0 Å². The summed E-state index contributed by atoms with van der Waals surface area (Å²) in [6, 6.07) is 8.05. The van der Waals surface area contributed by atoms with Crippen molar-refractivity contribution in [3.05, 3.63) is 30.5 Å². The lowest BCUT2D eigenvalue weighted by atomic mass is 10.3. The van der Waals surface area contributed by atoms with Crippen LogP contribution in [0.4, 0.5) is 0 Å². The highest BCUT2D eigenvalue weighted by Crippen LogP contribution is 2.09. The molecule has 2 aromatic rings. The maximum Gasteiger partial charge on any atom is 0.0923 e. The summed E-state index contributed by atoms with van der Waals surface area (Å²) in [6.07, 6.45) is 2.02. The highest BCUT2D eigenvalue weighted by molar-refractivity contribution is 5.77. The van der Waals surface area contributed by atoms with Gasteiger partial charge < -0.3 is 5.73 Å². The van der Waals surface area contributed by atoms with Crippen molar-refractivity contribution >= 4 is 10.9 Å². The van der Waals surface area contributed by atoms with Crippen molar-refractivity contribution in [3.63, 3.8) is 0 Å². The molecule has 3 nitrogen and oxygen atoms in total. The number of nitrogens with two attached hydrogens (primary N) is 1. The molecular formula is C9H11N3. The number of hydrogen-bond donors (Lipinski definition) is 1. The minimum atomic E-state index is 0.633. The number of hydrogen-bond acceptors (Lipinski definition) is 2. The van der Waals surface area contributed by atoms with Crippen LogP contribution in [0, 0.1) is 0 Å². The highest BCUT2D eigenvalue weighted by Gasteiger charge is 1.96. The first-order valence-electron chi connectivity index (χ1n) is 4.02. The first-order chi connectivity index (χ1) is 5.90. The molecule has 62 valence electrons. The zero-order chi connectivity index (χ0) is 8.39. The molecule has 0 radical (unpaired) electrons. The lowest BCUT2D eigenvalue weighted by Gasteiger charge is -1.93. The molecule has 0 amide bonds. The van der Waals surface area contributed by atoms with Gasteiger partial charge in [-0.3, -0.25) is 4.68 Å². The summed E-state index contributed by atoms with van der Waals surface area (Å²) in [7, 11) is 0. The van der Waals surface area contributed by atoms with Gasteiger partial charge in [0.25, 0.3) is 0 Å². The third kappa shape index (κ3) is 1.19. The quantitative estimate of drug-likeness (QED) is 0.714. The van der Waals surface area contributed by atoms with Crippen molar-refractivity contribution in [2.75, 3.05) is 6.54 Å². The molecule has 3 heteroatoms. The molecule has 12 heavy (non-hydrogen) atoms. The molecule has 0 saturated carbocycles. The summed E-state index contributed by atoms with van der Waals surface area (Å²) in [5, 5.41) is 5.51. The fourth-order valence-electron chi connectivity index (χ4n) is 1.26. The zero-order valence-electron chi connectivity index (χ0n) is 6.77. The van der Waals surface area contributed by atoms with E-state index in [1.807, 2.05) is 29.1 Å². The van der Waals surface area contributed by atoms with E-state index < -0.39 is 0 Å². The zero-order valence-corrected chi connectivity index (χ0v) is 6.77. The van der Waals surface area contributed by atoms with Crippen LogP contribution in [-0.4, -0.2) is 16.3 Å². The molecular weight excluding hydrogens is 150 g/mol. The number of aromatic nitrogens is 2. The van der Waals surface area contributed by atoms with Crippen LogP contribution >= 0.6 is 0 Å². The van der Waals surface area contributed by atoms with E-state index in [1.54, 1.807) is 0 Å². The molecule has 0 aliphatic rings. The Kier molecular flexibility index (Phi) is 1.80. The van der Waals surface area contributed by atoms with Gasteiger partial charge in [0.15, 0.2) is 0 Å². The Morgan fingerprint density at radius 1 is 1.33 bits per heavy atom. The van der Waals surface area contributed by atoms with E-state index in [0.717, 1.165) is 12.1 Å². The third-order valence-electron chi connectivity index (χ3n) is 1.82. The van der Waals surface area contributed by atoms with Gasteiger partial charge in [0.1, 0.15) is 0 Å². The number of benzene rings is 1. The van der Waals surface area contributed by atoms with Crippen molar-refractivity contribution < 1.29 is 0 Å². The van der Waals surface area contributed by atoms with E-state index in [4.69, 9.17) is 5.73 Å². The monoisotopic (exact) mass is 161 g/mol. The molecule has 0 aliphatic heterocycles. The summed E-state index contributed by atoms with van der Waals surface area (Å²) in [6.45, 7) is 1.42. The molecule has 0 unspecified atom stereocenters. The predicted octanol–water partition coefficient (Wildman–Crippen LogP) is 0.995. The van der Waals surface area contributed by atoms with Crippen LogP contribution in [0.15, 0.2) is 30.5 Å². The van der Waals surface area contributed by atoms with Gasteiger partial charge in [0, 0.05) is 18.1 Å². The number of fused-ring (bicyclic) bond motifs is 1. The Hall–Kier alpha value is -1.35. The predicted molar refractivity (Wildman–Crippen MR) is 48.8 cm³/mol. The topological polar surface area (TPSA) is 43.8 Å². The van der Waals surface area contributed by atoms with Crippen LogP contribution in [-0.2, 0) is 6.54 Å². The van der Waals surface area contributed by atoms with Gasteiger partial charge in [-0.1, -0.05) is 18.2 Å². The fourth-order valence-corrected chi connectivity index (χ4v) is 1.26. The Morgan fingerprint density at radius 2 is 2.17 bits per heavy atom. The lowest BCUT2D eigenvalue weighted by Crippen LogP contribution is -2.09. The standard InChI is InChI=1S/C9H11N3/c10-5-6-12-7-8-3-1-2-4-9(8)11-12/h1-4,7H,5-6,10H2. The van der Waals surface area contributed by atoms with Gasteiger partial charge in [-0.15, -0.1) is 0 Å². The minimum Gasteiger partial charge on any atom is -0.329 e. The fraction of sp³-hybridized carbons (Fsp3) is 0.222. The lowest BCUT2D eigenvalue weighted by molar-refractivity contribution is 0.632. The maximum absolute atomic E-state index is 5.42. The van der Waals surface area contributed by atoms with E-state index >= 15 is 0 Å². The van der Waals surface area contributed by atoms with Gasteiger partial charge in [0.05, 0.1) is 12.1 Å². The van der Waals surface area contributed by atoms with Crippen molar-refractivity contribution in [2.24, 2.45) is 5.73 Å². The second kappa shape index (κ2) is 2.95. The van der Waals surface area contributed by atoms with E-state index in [1.165, 1.54) is 5.39 Å². The summed E-state index contributed by atoms with van der Waals surface area (Å²) in [4.78, 5) is 0. The summed E-state index contributed by atoms with van der Waals surface area (Å²) in [5.74, 6) is 0. The molecule has 1 aromatic carbocycles. The summed E-state index contributed by atoms with van der Waals surface area (Å²) < 4.78 is 1.88. The summed E-state index contributed by atoms with van der Waals surface area (Å²) in [5.41, 5.74) is 6.45. The normalized spacial score (nSPS) is 10.8. The Bertz CT molecular complexity index is 345. The first kappa shape index (κ1) is 7.31. The van der Waals surface area contributed by atoms with Crippen molar-refractivity contribution in [2.45, 2.75) is 6.54 Å². The van der Waals surface area contributed by atoms with Gasteiger partial charge in [-0.05, 0) is 6.07 Å². The molecule has 0 atom stereocenters. The molecule has 1 heterocycles. The summed E-state index contributed by atoms with van der Waals surface area (Å²) >= 11 is 0. The van der Waals surface area contributed by atoms with E-state index in [2.05, 4.69) is 11.2 Å². The first-order valence-corrected chi connectivity index (χ1v) is 4.02. The molecule has 0 saturated heterocycles. The van der Waals surface area contributed by atoms with Crippen molar-refractivity contribution in [1.29, 1.82) is 0 Å². The van der Waals surface area contributed by atoms with Crippen LogP contribution < -0.4 is 5.73 Å². The van der Waals surface area contributed by atoms with Gasteiger partial charge in [-0.25, -0.2) is 0 Å². The SMILES string of the molecule is NCCn1cc2ccccc2n1. The van der Waals surface area contributed by atoms with E-state index in [0.29, 0.717) is 6.54 Å². The van der Waals surface area contributed by atoms with E-state index in [-0.39, 0.29) is 0 Å². The highest BCUT2D eigenvalue weighted by atomic mass is 15.3. The van der Waals surface area contributed by atoms with Crippen LogP contribution in [0.2, 0.25) is 0 Å². The largest absolute Gasteiger partial charge is 0.329 e. The van der Waals surface area contributed by atoms with Crippen LogP contribution in [0.3, 0.4) is 0 Å². The molecule has 0 bridgehead atoms. The molecule has 0 aliphatic carbocycles. The number of nitrogens with zero attached hydrogens (tertiary/aromatic N) is 2. The van der Waals surface area contributed by atoms with Crippen LogP contribution in [0.5, 0.6) is 0 Å². The maximum atomic E-state index is 5.42. The van der Waals surface area contributed by atoms with Crippen LogP contribution in [0.1, 0.15) is 0 Å². The molecule has 1 aromatic heterocycles. The second-order valence-corrected chi connectivity index (χ2v) is 2.74. The molecule has 2 N–H and O–H groups in total. The Balaban J connectivity index is 2.47. The number of rotatable bonds is 2. The second-order valence-electron chi connectivity index (χ2n) is 2.74.